The molecule has 0 aliphatic carbocycles. The number of benzene rings is 2. The van der Waals surface area contributed by atoms with E-state index in [-0.39, 0.29) is 11.5 Å². The molecule has 9 heteroatoms. The van der Waals surface area contributed by atoms with Crippen molar-refractivity contribution in [3.05, 3.63) is 68.8 Å². The first kappa shape index (κ1) is 24.3. The molecule has 0 aliphatic heterocycles. The van der Waals surface area contributed by atoms with E-state index < -0.39 is 5.25 Å². The maximum absolute atomic E-state index is 13.0. The number of thiophene rings is 1. The first-order valence-electron chi connectivity index (χ1n) is 10.7. The number of aromatic nitrogens is 2. The number of aromatic amines is 1. The first-order valence-corrected chi connectivity index (χ1v) is 12.8. The third-order valence-corrected chi connectivity index (χ3v) is 7.48. The van der Waals surface area contributed by atoms with Crippen molar-refractivity contribution in [2.24, 2.45) is 0 Å². The fraction of sp³-hybridized carbons (Fsp3) is 0.240. The molecule has 0 spiro atoms. The van der Waals surface area contributed by atoms with Gasteiger partial charge in [0.15, 0.2) is 5.16 Å². The Labute approximate surface area is 210 Å². The Morgan fingerprint density at radius 2 is 1.91 bits per heavy atom. The molecule has 2 heterocycles. The lowest BCUT2D eigenvalue weighted by atomic mass is 9.99. The summed E-state index contributed by atoms with van der Waals surface area (Å²) in [6, 6.07) is 13.3. The average molecular weight is 514 g/mol. The van der Waals surface area contributed by atoms with Crippen LogP contribution >= 0.6 is 34.7 Å². The summed E-state index contributed by atoms with van der Waals surface area (Å²) in [6.07, 6.45) is 0. The van der Waals surface area contributed by atoms with Crippen molar-refractivity contribution in [2.75, 3.05) is 12.4 Å². The Hall–Kier alpha value is -2.81. The van der Waals surface area contributed by atoms with Crippen LogP contribution in [0.15, 0.2) is 57.8 Å². The number of anilines is 1. The van der Waals surface area contributed by atoms with Gasteiger partial charge in [0.1, 0.15) is 10.6 Å². The second-order valence-electron chi connectivity index (χ2n) is 8.07. The topological polar surface area (TPSA) is 84.1 Å². The highest BCUT2D eigenvalue weighted by Crippen LogP contribution is 2.33. The van der Waals surface area contributed by atoms with E-state index in [4.69, 9.17) is 16.3 Å². The quantitative estimate of drug-likeness (QED) is 0.216. The van der Waals surface area contributed by atoms with Crippen LogP contribution in [0.4, 0.5) is 5.69 Å². The van der Waals surface area contributed by atoms with Crippen LogP contribution in [0.2, 0.25) is 5.02 Å². The van der Waals surface area contributed by atoms with Crippen molar-refractivity contribution >= 4 is 56.5 Å². The number of fused-ring (bicyclic) bond motifs is 1. The smallest absolute Gasteiger partial charge is 0.260 e. The van der Waals surface area contributed by atoms with Crippen LogP contribution in [0.1, 0.15) is 32.3 Å². The van der Waals surface area contributed by atoms with Gasteiger partial charge in [0.25, 0.3) is 5.56 Å². The number of hydrogen-bond acceptors (Lipinski definition) is 6. The van der Waals surface area contributed by atoms with Gasteiger partial charge in [0, 0.05) is 16.0 Å². The minimum absolute atomic E-state index is 0.221. The Morgan fingerprint density at radius 1 is 1.18 bits per heavy atom. The normalized spacial score (nSPS) is 12.2. The highest BCUT2D eigenvalue weighted by Gasteiger charge is 2.20. The summed E-state index contributed by atoms with van der Waals surface area (Å²) >= 11 is 8.64. The number of thioether (sulfide) groups is 1. The number of H-pyrrole nitrogens is 1. The fourth-order valence-corrected chi connectivity index (χ4v) is 5.45. The van der Waals surface area contributed by atoms with Crippen molar-refractivity contribution in [3.8, 4) is 16.9 Å². The molecule has 1 atom stereocenters. The summed E-state index contributed by atoms with van der Waals surface area (Å²) in [5.41, 5.74) is 3.35. The number of carbonyl (C=O) groups excluding carboxylic acids is 1. The van der Waals surface area contributed by atoms with Gasteiger partial charge < -0.3 is 15.0 Å². The second-order valence-corrected chi connectivity index (χ2v) is 10.7. The van der Waals surface area contributed by atoms with Crippen LogP contribution in [0.25, 0.3) is 21.3 Å². The third kappa shape index (κ3) is 5.14. The first-order chi connectivity index (χ1) is 16.3. The van der Waals surface area contributed by atoms with E-state index in [9.17, 15) is 9.59 Å². The van der Waals surface area contributed by atoms with Crippen LogP contribution in [0, 0.1) is 0 Å². The number of hydrogen-bond donors (Lipinski definition) is 2. The van der Waals surface area contributed by atoms with Crippen LogP contribution in [0.3, 0.4) is 0 Å². The highest BCUT2D eigenvalue weighted by atomic mass is 35.5. The number of nitrogens with one attached hydrogen (secondary N) is 2. The fourth-order valence-electron chi connectivity index (χ4n) is 3.48. The van der Waals surface area contributed by atoms with E-state index in [1.54, 1.807) is 25.1 Å². The molecular weight excluding hydrogens is 490 g/mol. The van der Waals surface area contributed by atoms with Gasteiger partial charge in [-0.1, -0.05) is 61.5 Å². The minimum Gasteiger partial charge on any atom is -0.495 e. The molecule has 0 fully saturated rings. The minimum atomic E-state index is -0.521. The molecule has 0 aliphatic rings. The zero-order valence-electron chi connectivity index (χ0n) is 19.1. The van der Waals surface area contributed by atoms with Gasteiger partial charge >= 0.3 is 0 Å². The SMILES string of the molecule is COc1ccc(Cl)cc1NC(=O)C(C)Sc1nc2scc(-c3ccc(C(C)C)cc3)c2c(=O)[nH]1. The number of ether oxygens (including phenoxy) is 1. The van der Waals surface area contributed by atoms with Crippen LogP contribution in [-0.4, -0.2) is 28.2 Å². The van der Waals surface area contributed by atoms with Crippen molar-refractivity contribution < 1.29 is 9.53 Å². The third-order valence-electron chi connectivity index (χ3n) is 5.39. The van der Waals surface area contributed by atoms with E-state index in [0.717, 1.165) is 11.1 Å². The molecule has 0 saturated heterocycles. The maximum Gasteiger partial charge on any atom is 0.260 e. The number of rotatable bonds is 7. The standard InChI is InChI=1S/C25H24ClN3O3S2/c1-13(2)15-5-7-16(8-6-15)18-12-33-24-21(18)23(31)28-25(29-24)34-14(3)22(30)27-19-11-17(26)9-10-20(19)32-4/h5-14H,1-4H3,(H,27,30)(H,28,29,31). The number of nitrogens with zero attached hydrogens (tertiary/aromatic N) is 1. The van der Waals surface area contributed by atoms with Gasteiger partial charge in [-0.15, -0.1) is 11.3 Å². The van der Waals surface area contributed by atoms with E-state index >= 15 is 0 Å². The maximum atomic E-state index is 13.0. The molecule has 1 amide bonds. The molecule has 4 rings (SSSR count). The molecule has 1 unspecified atom stereocenters. The van der Waals surface area contributed by atoms with Crippen molar-refractivity contribution in [3.63, 3.8) is 0 Å². The zero-order valence-corrected chi connectivity index (χ0v) is 21.5. The summed E-state index contributed by atoms with van der Waals surface area (Å²) < 4.78 is 5.28. The molecule has 2 aromatic heterocycles. The van der Waals surface area contributed by atoms with Gasteiger partial charge in [0.05, 0.1) is 23.4 Å². The molecule has 34 heavy (non-hydrogen) atoms. The van der Waals surface area contributed by atoms with Gasteiger partial charge in [-0.3, -0.25) is 9.59 Å². The van der Waals surface area contributed by atoms with Gasteiger partial charge in [0.2, 0.25) is 5.91 Å². The van der Waals surface area contributed by atoms with E-state index in [2.05, 4.69) is 41.3 Å². The van der Waals surface area contributed by atoms with E-state index in [1.807, 2.05) is 17.5 Å². The summed E-state index contributed by atoms with van der Waals surface area (Å²) in [4.78, 5) is 33.8. The summed E-state index contributed by atoms with van der Waals surface area (Å²) in [5.74, 6) is 0.693. The molecule has 176 valence electrons. The number of methoxy groups -OCH3 is 1. The molecule has 2 N–H and O–H groups in total. The Balaban J connectivity index is 1.55. The zero-order chi connectivity index (χ0) is 24.4. The number of amides is 1. The molecule has 0 saturated carbocycles. The van der Waals surface area contributed by atoms with Crippen LogP contribution in [0.5, 0.6) is 5.75 Å². The molecular formula is C25H24ClN3O3S2. The van der Waals surface area contributed by atoms with Gasteiger partial charge in [-0.2, -0.15) is 0 Å². The highest BCUT2D eigenvalue weighted by molar-refractivity contribution is 8.00. The summed E-state index contributed by atoms with van der Waals surface area (Å²) in [7, 11) is 1.52. The van der Waals surface area contributed by atoms with Crippen LogP contribution in [-0.2, 0) is 4.79 Å². The van der Waals surface area contributed by atoms with Crippen LogP contribution < -0.4 is 15.6 Å². The van der Waals surface area contributed by atoms with Crippen molar-refractivity contribution in [1.29, 1.82) is 0 Å². The lowest BCUT2D eigenvalue weighted by molar-refractivity contribution is -0.115. The molecule has 0 bridgehead atoms. The van der Waals surface area contributed by atoms with E-state index in [0.29, 0.717) is 37.8 Å². The lowest BCUT2D eigenvalue weighted by Crippen LogP contribution is -2.23. The molecule has 4 aromatic rings. The summed E-state index contributed by atoms with van der Waals surface area (Å²) in [6.45, 7) is 6.04. The molecule has 2 aromatic carbocycles. The Morgan fingerprint density at radius 3 is 2.59 bits per heavy atom. The predicted molar refractivity (Wildman–Crippen MR) is 142 cm³/mol. The largest absolute Gasteiger partial charge is 0.495 e. The lowest BCUT2D eigenvalue weighted by Gasteiger charge is -2.14. The van der Waals surface area contributed by atoms with Crippen molar-refractivity contribution in [2.45, 2.75) is 37.1 Å². The van der Waals surface area contributed by atoms with E-state index in [1.165, 1.54) is 35.8 Å². The Kier molecular flexibility index (Phi) is 7.30. The average Bonchev–Trinajstić information content (AvgIpc) is 3.24. The second kappa shape index (κ2) is 10.2. The summed E-state index contributed by atoms with van der Waals surface area (Å²) in [5, 5.41) is 5.70. The van der Waals surface area contributed by atoms with Crippen molar-refractivity contribution in [1.82, 2.24) is 9.97 Å². The molecule has 0 radical (unpaired) electrons. The van der Waals surface area contributed by atoms with Gasteiger partial charge in [-0.25, -0.2) is 4.98 Å². The number of halogens is 1. The molecule has 6 nitrogen and oxygen atoms in total. The van der Waals surface area contributed by atoms with Gasteiger partial charge in [-0.05, 0) is 42.2 Å². The predicted octanol–water partition coefficient (Wildman–Crippen LogP) is 6.56. The monoisotopic (exact) mass is 513 g/mol. The Bertz CT molecular complexity index is 1400. The number of carbonyl (C=O) groups is 1.